The molecule has 9 heteroatoms. The Morgan fingerprint density at radius 3 is 2.53 bits per heavy atom. The van der Waals surface area contributed by atoms with Gasteiger partial charge in [0.1, 0.15) is 5.75 Å². The Morgan fingerprint density at radius 2 is 1.89 bits per heavy atom. The predicted molar refractivity (Wildman–Crippen MR) is 145 cm³/mol. The van der Waals surface area contributed by atoms with E-state index < -0.39 is 0 Å². The summed E-state index contributed by atoms with van der Waals surface area (Å²) < 4.78 is 6.86. The third-order valence-corrected chi connectivity index (χ3v) is 7.69. The van der Waals surface area contributed by atoms with E-state index in [1.165, 1.54) is 11.6 Å². The zero-order valence-electron chi connectivity index (χ0n) is 21.7. The number of hydrogen-bond donors (Lipinski definition) is 2. The number of carbonyl (C=O) groups excluding carboxylic acids is 1. The molecule has 1 aliphatic rings. The predicted octanol–water partition coefficient (Wildman–Crippen LogP) is 4.23. The van der Waals surface area contributed by atoms with Gasteiger partial charge in [-0.1, -0.05) is 11.6 Å². The highest BCUT2D eigenvalue weighted by Gasteiger charge is 2.28. The van der Waals surface area contributed by atoms with Gasteiger partial charge in [0.2, 0.25) is 0 Å². The van der Waals surface area contributed by atoms with E-state index in [1.807, 2.05) is 13.0 Å². The third-order valence-electron chi connectivity index (χ3n) is 7.48. The van der Waals surface area contributed by atoms with Crippen LogP contribution in [0.1, 0.15) is 54.1 Å². The summed E-state index contributed by atoms with van der Waals surface area (Å²) in [6.45, 7) is 4.99. The number of carbonyl (C=O) groups is 1. The van der Waals surface area contributed by atoms with Gasteiger partial charge in [0, 0.05) is 47.2 Å². The summed E-state index contributed by atoms with van der Waals surface area (Å²) in [5.74, 6) is 0.163. The molecule has 1 amide bonds. The van der Waals surface area contributed by atoms with Crippen LogP contribution in [0.5, 0.6) is 5.75 Å². The number of nitrogens with zero attached hydrogens (tertiary/aromatic N) is 3. The highest BCUT2D eigenvalue weighted by atomic mass is 35.5. The molecule has 1 fully saturated rings. The maximum Gasteiger partial charge on any atom is 0.278 e. The van der Waals surface area contributed by atoms with Crippen molar-refractivity contribution in [2.24, 2.45) is 0 Å². The Hall–Kier alpha value is -2.97. The van der Waals surface area contributed by atoms with Gasteiger partial charge in [-0.15, -0.1) is 0 Å². The summed E-state index contributed by atoms with van der Waals surface area (Å²) in [7, 11) is 5.81. The smallest absolute Gasteiger partial charge is 0.278 e. The van der Waals surface area contributed by atoms with Gasteiger partial charge >= 0.3 is 0 Å². The molecule has 2 heterocycles. The van der Waals surface area contributed by atoms with Gasteiger partial charge in [-0.05, 0) is 77.4 Å². The number of halogens is 1. The van der Waals surface area contributed by atoms with Crippen LogP contribution in [-0.2, 0) is 6.54 Å². The van der Waals surface area contributed by atoms with Crippen molar-refractivity contribution in [1.82, 2.24) is 19.8 Å². The number of benzene rings is 1. The van der Waals surface area contributed by atoms with Gasteiger partial charge in [0.25, 0.3) is 11.5 Å². The highest BCUT2D eigenvalue weighted by molar-refractivity contribution is 6.31. The minimum Gasteiger partial charge on any atom is -0.496 e. The normalized spacial score (nSPS) is 18.0. The molecule has 0 aliphatic heterocycles. The third kappa shape index (κ3) is 5.11. The number of anilines is 1. The number of H-pyrrole nitrogens is 1. The fourth-order valence-corrected chi connectivity index (χ4v) is 5.63. The van der Waals surface area contributed by atoms with E-state index in [9.17, 15) is 9.59 Å². The molecule has 0 atom stereocenters. The second-order valence-corrected chi connectivity index (χ2v) is 10.1. The first kappa shape index (κ1) is 26.1. The molecule has 36 heavy (non-hydrogen) atoms. The summed E-state index contributed by atoms with van der Waals surface area (Å²) in [4.78, 5) is 31.0. The van der Waals surface area contributed by atoms with Gasteiger partial charge < -0.3 is 19.9 Å². The number of methoxy groups -OCH3 is 1. The van der Waals surface area contributed by atoms with Crippen LogP contribution in [0.25, 0.3) is 5.52 Å². The maximum absolute atomic E-state index is 13.3. The summed E-state index contributed by atoms with van der Waals surface area (Å²) in [5, 5.41) is 6.32. The standard InChI is InChI=1S/C27H36ClN5O3/c1-6-32(20-9-7-19(8-10-20)31(3)4)24-14-18(28)13-22(17(24)2)26(34)29-16-23-25(36-5)15-21-11-12-30-33(21)27(23)35/h11-15,19-20,30H,6-10,16H2,1-5H3,(H,29,34)/t19-,20-. The van der Waals surface area contributed by atoms with Crippen LogP contribution in [-0.4, -0.2) is 60.3 Å². The molecule has 3 aromatic rings. The van der Waals surface area contributed by atoms with Crippen molar-refractivity contribution in [2.45, 2.75) is 58.2 Å². The Morgan fingerprint density at radius 1 is 1.19 bits per heavy atom. The maximum atomic E-state index is 13.3. The number of aromatic amines is 1. The number of amides is 1. The van der Waals surface area contributed by atoms with Crippen molar-refractivity contribution >= 4 is 28.7 Å². The summed E-state index contributed by atoms with van der Waals surface area (Å²) in [6.07, 6.45) is 6.21. The fourth-order valence-electron chi connectivity index (χ4n) is 5.42. The molecule has 0 unspecified atom stereocenters. The van der Waals surface area contributed by atoms with E-state index in [0.717, 1.165) is 43.5 Å². The van der Waals surface area contributed by atoms with Crippen molar-refractivity contribution in [3.05, 3.63) is 62.5 Å². The Balaban J connectivity index is 1.57. The monoisotopic (exact) mass is 513 g/mol. The summed E-state index contributed by atoms with van der Waals surface area (Å²) in [6, 6.07) is 8.25. The van der Waals surface area contributed by atoms with Gasteiger partial charge in [-0.25, -0.2) is 4.52 Å². The van der Waals surface area contributed by atoms with E-state index in [-0.39, 0.29) is 18.0 Å². The van der Waals surface area contributed by atoms with Crippen molar-refractivity contribution in [3.63, 3.8) is 0 Å². The molecule has 2 N–H and O–H groups in total. The van der Waals surface area contributed by atoms with Crippen LogP contribution in [0, 0.1) is 6.92 Å². The number of hydrogen-bond acceptors (Lipinski definition) is 5. The quantitative estimate of drug-likeness (QED) is 0.471. The number of nitrogens with one attached hydrogen (secondary N) is 2. The van der Waals surface area contributed by atoms with Crippen LogP contribution < -0.4 is 20.5 Å². The molecule has 1 aromatic carbocycles. The van der Waals surface area contributed by atoms with E-state index in [0.29, 0.717) is 39.5 Å². The molecule has 2 aromatic heterocycles. The molecule has 0 bridgehead atoms. The average molecular weight is 514 g/mol. The highest BCUT2D eigenvalue weighted by Crippen LogP contribution is 2.34. The minimum atomic E-state index is -0.276. The molecule has 0 saturated heterocycles. The van der Waals surface area contributed by atoms with Crippen molar-refractivity contribution < 1.29 is 9.53 Å². The van der Waals surface area contributed by atoms with Gasteiger partial charge in [-0.2, -0.15) is 0 Å². The first-order chi connectivity index (χ1) is 17.2. The largest absolute Gasteiger partial charge is 0.496 e. The Labute approximate surface area is 217 Å². The minimum absolute atomic E-state index is 0.0378. The first-order valence-corrected chi connectivity index (χ1v) is 12.9. The molecule has 0 spiro atoms. The molecule has 0 radical (unpaired) electrons. The van der Waals surface area contributed by atoms with Crippen molar-refractivity contribution in [2.75, 3.05) is 32.6 Å². The topological polar surface area (TPSA) is 82.1 Å². The lowest BCUT2D eigenvalue weighted by Gasteiger charge is -2.40. The lowest BCUT2D eigenvalue weighted by Crippen LogP contribution is -2.42. The van der Waals surface area contributed by atoms with E-state index >= 15 is 0 Å². The molecule has 1 aliphatic carbocycles. The van der Waals surface area contributed by atoms with Crippen LogP contribution in [0.15, 0.2) is 35.3 Å². The molecule has 8 nitrogen and oxygen atoms in total. The molecule has 1 saturated carbocycles. The first-order valence-electron chi connectivity index (χ1n) is 12.5. The summed E-state index contributed by atoms with van der Waals surface area (Å²) in [5.41, 5.74) is 3.20. The van der Waals surface area contributed by atoms with E-state index in [4.69, 9.17) is 16.3 Å². The number of pyridine rings is 1. The number of aromatic nitrogens is 2. The van der Waals surface area contributed by atoms with Gasteiger partial charge in [0.15, 0.2) is 0 Å². The second kappa shape index (κ2) is 11.0. The van der Waals surface area contributed by atoms with E-state index in [2.05, 4.69) is 41.2 Å². The Bertz CT molecular complexity index is 1290. The number of rotatable bonds is 8. The zero-order valence-corrected chi connectivity index (χ0v) is 22.5. The number of fused-ring (bicyclic) bond motifs is 1. The van der Waals surface area contributed by atoms with E-state index in [1.54, 1.807) is 24.4 Å². The Kier molecular flexibility index (Phi) is 7.95. The average Bonchev–Trinajstić information content (AvgIpc) is 3.34. The molecule has 194 valence electrons. The van der Waals surface area contributed by atoms with Crippen LogP contribution in [0.3, 0.4) is 0 Å². The van der Waals surface area contributed by atoms with Crippen LogP contribution in [0.4, 0.5) is 5.69 Å². The lowest BCUT2D eigenvalue weighted by atomic mass is 9.89. The number of ether oxygens (including phenoxy) is 1. The van der Waals surface area contributed by atoms with Gasteiger partial charge in [0.05, 0.1) is 24.7 Å². The van der Waals surface area contributed by atoms with Crippen molar-refractivity contribution in [3.8, 4) is 5.75 Å². The van der Waals surface area contributed by atoms with Crippen LogP contribution in [0.2, 0.25) is 5.02 Å². The van der Waals surface area contributed by atoms with Crippen LogP contribution >= 0.6 is 11.6 Å². The fraction of sp³-hybridized carbons (Fsp3) is 0.481. The second-order valence-electron chi connectivity index (χ2n) is 9.71. The van der Waals surface area contributed by atoms with Gasteiger partial charge in [-0.3, -0.25) is 14.7 Å². The molecular formula is C27H36ClN5O3. The van der Waals surface area contributed by atoms with Crippen molar-refractivity contribution in [1.29, 1.82) is 0 Å². The SMILES string of the molecule is CCN(c1cc(Cl)cc(C(=O)NCc2c(OC)cc3cc[nH]n3c2=O)c1C)[C@H]1CC[C@H](N(C)C)CC1. The summed E-state index contributed by atoms with van der Waals surface area (Å²) >= 11 is 6.52. The zero-order chi connectivity index (χ0) is 26.0. The molecule has 4 rings (SSSR count). The molecular weight excluding hydrogens is 478 g/mol. The lowest BCUT2D eigenvalue weighted by molar-refractivity contribution is 0.0950.